The van der Waals surface area contributed by atoms with Crippen LogP contribution in [0.5, 0.6) is 0 Å². The molecule has 2 atom stereocenters. The highest BCUT2D eigenvalue weighted by molar-refractivity contribution is 5.81. The van der Waals surface area contributed by atoms with Crippen molar-refractivity contribution in [1.82, 2.24) is 0 Å². The number of benzene rings is 2. The average molecular weight is 338 g/mol. The molecule has 0 aliphatic heterocycles. The van der Waals surface area contributed by atoms with Crippen molar-refractivity contribution < 1.29 is 14.0 Å². The van der Waals surface area contributed by atoms with Crippen LogP contribution >= 0.6 is 0 Å². The molecule has 0 aliphatic carbocycles. The van der Waals surface area contributed by atoms with Crippen LogP contribution in [0.4, 0.5) is 0 Å². The highest BCUT2D eigenvalue weighted by Gasteiger charge is 2.39. The molecule has 0 spiro atoms. The molecule has 0 amide bonds. The lowest BCUT2D eigenvalue weighted by molar-refractivity contribution is -0.986. The molecule has 2 aromatic rings. The molecule has 25 heavy (non-hydrogen) atoms. The molecule has 2 unspecified atom stereocenters. The summed E-state index contributed by atoms with van der Waals surface area (Å²) in [5.74, 6) is -0.381. The van der Waals surface area contributed by atoms with Crippen molar-refractivity contribution in [3.05, 3.63) is 84.4 Å². The van der Waals surface area contributed by atoms with Gasteiger partial charge in [0.25, 0.3) is 6.23 Å². The second-order valence-electron chi connectivity index (χ2n) is 6.31. The van der Waals surface area contributed by atoms with Crippen molar-refractivity contribution in [2.75, 3.05) is 13.1 Å². The van der Waals surface area contributed by atoms with Gasteiger partial charge in [-0.2, -0.15) is 0 Å². The van der Waals surface area contributed by atoms with Gasteiger partial charge in [-0.3, -0.25) is 4.48 Å². The molecule has 132 valence electrons. The van der Waals surface area contributed by atoms with Crippen molar-refractivity contribution in [3.8, 4) is 0 Å². The second-order valence-corrected chi connectivity index (χ2v) is 6.31. The molecule has 0 fully saturated rings. The molecule has 3 nitrogen and oxygen atoms in total. The molecule has 0 saturated heterocycles. The summed E-state index contributed by atoms with van der Waals surface area (Å²) >= 11 is 0. The summed E-state index contributed by atoms with van der Waals surface area (Å²) in [6.07, 6.45) is 1.90. The van der Waals surface area contributed by atoms with E-state index in [0.29, 0.717) is 4.48 Å². The van der Waals surface area contributed by atoms with Crippen molar-refractivity contribution in [2.45, 2.75) is 33.0 Å². The molecule has 0 aromatic heterocycles. The molecule has 0 radical (unpaired) electrons. The summed E-state index contributed by atoms with van der Waals surface area (Å²) in [5, 5.41) is 0. The SMILES string of the molecule is C=CC(=O)OC(c1ccccc1)[N+](CC)(CCC)Cc1ccccc1. The smallest absolute Gasteiger partial charge is 0.334 e. The first kappa shape index (κ1) is 18.9. The number of quaternary nitrogens is 1. The van der Waals surface area contributed by atoms with Crippen LogP contribution in [-0.4, -0.2) is 23.5 Å². The number of hydrogen-bond acceptors (Lipinski definition) is 2. The van der Waals surface area contributed by atoms with Crippen LogP contribution in [0.25, 0.3) is 0 Å². The highest BCUT2D eigenvalue weighted by atomic mass is 16.6. The minimum Gasteiger partial charge on any atom is -0.405 e. The lowest BCUT2D eigenvalue weighted by atomic mass is 10.1. The van der Waals surface area contributed by atoms with Crippen LogP contribution in [-0.2, 0) is 16.1 Å². The molecular weight excluding hydrogens is 310 g/mol. The van der Waals surface area contributed by atoms with Gasteiger partial charge in [0.2, 0.25) is 0 Å². The largest absolute Gasteiger partial charge is 0.405 e. The zero-order chi connectivity index (χ0) is 18.1. The van der Waals surface area contributed by atoms with E-state index in [1.54, 1.807) is 0 Å². The summed E-state index contributed by atoms with van der Waals surface area (Å²) in [6.45, 7) is 10.5. The second kappa shape index (κ2) is 9.19. The first-order valence-corrected chi connectivity index (χ1v) is 8.93. The Morgan fingerprint density at radius 1 is 1.08 bits per heavy atom. The first-order valence-electron chi connectivity index (χ1n) is 8.93. The van der Waals surface area contributed by atoms with Gasteiger partial charge in [-0.25, -0.2) is 4.79 Å². The van der Waals surface area contributed by atoms with Gasteiger partial charge in [0.15, 0.2) is 0 Å². The van der Waals surface area contributed by atoms with Gasteiger partial charge < -0.3 is 4.74 Å². The molecule has 0 bridgehead atoms. The van der Waals surface area contributed by atoms with Gasteiger partial charge in [0, 0.05) is 11.6 Å². The Kier molecular flexibility index (Phi) is 6.96. The topological polar surface area (TPSA) is 26.3 Å². The maximum Gasteiger partial charge on any atom is 0.334 e. The first-order chi connectivity index (χ1) is 12.1. The molecule has 0 N–H and O–H groups in total. The van der Waals surface area contributed by atoms with E-state index in [4.69, 9.17) is 4.74 Å². The minimum atomic E-state index is -0.381. The van der Waals surface area contributed by atoms with Crippen LogP contribution in [0, 0.1) is 0 Å². The number of ether oxygens (including phenoxy) is 1. The van der Waals surface area contributed by atoms with Gasteiger partial charge >= 0.3 is 5.97 Å². The third kappa shape index (κ3) is 4.80. The Hall–Kier alpha value is -2.39. The fourth-order valence-corrected chi connectivity index (χ4v) is 3.38. The number of carbonyl (C=O) groups excluding carboxylic acids is 1. The standard InChI is InChI=1S/C22H28NO2/c1-4-17-23(6-3,18-19-13-9-7-10-14-19)22(25-21(24)5-2)20-15-11-8-12-16-20/h5,7-16,22H,2,4,6,17-18H2,1,3H3/q+1. The fraction of sp³-hybridized carbons (Fsp3) is 0.318. The average Bonchev–Trinajstić information content (AvgIpc) is 2.67. The normalized spacial score (nSPS) is 14.3. The van der Waals surface area contributed by atoms with Crippen LogP contribution < -0.4 is 0 Å². The molecule has 3 heteroatoms. The summed E-state index contributed by atoms with van der Waals surface area (Å²) in [7, 11) is 0. The van der Waals surface area contributed by atoms with Gasteiger partial charge in [-0.1, -0.05) is 62.0 Å². The monoisotopic (exact) mass is 338 g/mol. The summed E-state index contributed by atoms with van der Waals surface area (Å²) in [4.78, 5) is 12.1. The number of nitrogens with zero attached hydrogens (tertiary/aromatic N) is 1. The Bertz CT molecular complexity index is 669. The fourth-order valence-electron chi connectivity index (χ4n) is 3.38. The lowest BCUT2D eigenvalue weighted by Crippen LogP contribution is -2.51. The van der Waals surface area contributed by atoms with Crippen molar-refractivity contribution in [2.24, 2.45) is 0 Å². The zero-order valence-electron chi connectivity index (χ0n) is 15.2. The molecule has 0 heterocycles. The predicted octanol–water partition coefficient (Wildman–Crippen LogP) is 4.86. The summed E-state index contributed by atoms with van der Waals surface area (Å²) in [6, 6.07) is 20.4. The van der Waals surface area contributed by atoms with Crippen molar-refractivity contribution in [1.29, 1.82) is 0 Å². The molecule has 2 rings (SSSR count). The van der Waals surface area contributed by atoms with Crippen molar-refractivity contribution in [3.63, 3.8) is 0 Å². The Balaban J connectivity index is 2.47. The van der Waals surface area contributed by atoms with E-state index < -0.39 is 0 Å². The third-order valence-corrected chi connectivity index (χ3v) is 4.62. The van der Waals surface area contributed by atoms with E-state index in [-0.39, 0.29) is 12.2 Å². The Labute approximate surface area is 151 Å². The van der Waals surface area contributed by atoms with Gasteiger partial charge in [-0.05, 0) is 25.5 Å². The van der Waals surface area contributed by atoms with Crippen LogP contribution in [0.15, 0.2) is 73.3 Å². The third-order valence-electron chi connectivity index (χ3n) is 4.62. The Morgan fingerprint density at radius 2 is 1.68 bits per heavy atom. The zero-order valence-corrected chi connectivity index (χ0v) is 15.2. The quantitative estimate of drug-likeness (QED) is 0.282. The molecule has 0 saturated carbocycles. The van der Waals surface area contributed by atoms with E-state index in [0.717, 1.165) is 31.6 Å². The van der Waals surface area contributed by atoms with Gasteiger partial charge in [0.05, 0.1) is 18.7 Å². The Morgan fingerprint density at radius 3 is 2.20 bits per heavy atom. The molecule has 0 aliphatic rings. The van der Waals surface area contributed by atoms with E-state index in [1.165, 1.54) is 11.6 Å². The highest BCUT2D eigenvalue weighted by Crippen LogP contribution is 2.33. The van der Waals surface area contributed by atoms with Crippen LogP contribution in [0.2, 0.25) is 0 Å². The molecule has 2 aromatic carbocycles. The van der Waals surface area contributed by atoms with E-state index in [9.17, 15) is 4.79 Å². The van der Waals surface area contributed by atoms with Gasteiger partial charge in [0.1, 0.15) is 6.54 Å². The number of rotatable bonds is 9. The minimum absolute atomic E-state index is 0.350. The van der Waals surface area contributed by atoms with E-state index >= 15 is 0 Å². The van der Waals surface area contributed by atoms with Gasteiger partial charge in [-0.15, -0.1) is 0 Å². The van der Waals surface area contributed by atoms with Crippen molar-refractivity contribution >= 4 is 5.97 Å². The maximum absolute atomic E-state index is 12.1. The molecular formula is C22H28NO2+. The number of esters is 1. The number of carbonyl (C=O) groups is 1. The lowest BCUT2D eigenvalue weighted by Gasteiger charge is -2.43. The predicted molar refractivity (Wildman–Crippen MR) is 102 cm³/mol. The van der Waals surface area contributed by atoms with Crippen LogP contribution in [0.1, 0.15) is 37.6 Å². The maximum atomic E-state index is 12.1. The number of hydrogen-bond donors (Lipinski definition) is 0. The summed E-state index contributed by atoms with van der Waals surface area (Å²) in [5.41, 5.74) is 2.26. The van der Waals surface area contributed by atoms with E-state index in [2.05, 4.69) is 44.7 Å². The van der Waals surface area contributed by atoms with E-state index in [1.807, 2.05) is 36.4 Å². The summed E-state index contributed by atoms with van der Waals surface area (Å²) < 4.78 is 6.55. The van der Waals surface area contributed by atoms with Crippen LogP contribution in [0.3, 0.4) is 0 Å².